The van der Waals surface area contributed by atoms with Gasteiger partial charge in [-0.3, -0.25) is 4.99 Å². The molecule has 7 nitrogen and oxygen atoms in total. The second-order valence-corrected chi connectivity index (χ2v) is 8.90. The molecule has 0 spiro atoms. The summed E-state index contributed by atoms with van der Waals surface area (Å²) in [6.07, 6.45) is 7.80. The van der Waals surface area contributed by atoms with Crippen molar-refractivity contribution in [2.24, 2.45) is 10.1 Å². The molecule has 1 fully saturated rings. The van der Waals surface area contributed by atoms with Gasteiger partial charge in [-0.05, 0) is 54.8 Å². The van der Waals surface area contributed by atoms with Crippen LogP contribution in [0.15, 0.2) is 51.9 Å². The number of aromatic nitrogens is 1. The Bertz CT molecular complexity index is 1210. The molecule has 0 bridgehead atoms. The summed E-state index contributed by atoms with van der Waals surface area (Å²) in [4.78, 5) is 5.95. The van der Waals surface area contributed by atoms with Crippen molar-refractivity contribution in [3.8, 4) is 34.3 Å². The van der Waals surface area contributed by atoms with Crippen molar-refractivity contribution in [2.75, 3.05) is 28.4 Å². The lowest BCUT2D eigenvalue weighted by molar-refractivity contribution is 0.355. The Balaban J connectivity index is 1.81. The van der Waals surface area contributed by atoms with Gasteiger partial charge < -0.3 is 18.9 Å². The Labute approximate surface area is 204 Å². The number of hydrogen-bond acceptors (Lipinski definition) is 7. The maximum Gasteiger partial charge on any atom is 0.206 e. The standard InChI is InChI=1S/C26H31N3O4S/c1-30-20-11-13-23(31-2)21(15-20)22-17-34-26(28-19-8-6-5-7-9-19)29(22)27-16-18-10-12-24(32-3)25(14-18)33-4/h10-17,19H,5-9H2,1-4H3. The predicted octanol–water partition coefficient (Wildman–Crippen LogP) is 5.37. The van der Waals surface area contributed by atoms with Gasteiger partial charge >= 0.3 is 0 Å². The quantitative estimate of drug-likeness (QED) is 0.406. The summed E-state index contributed by atoms with van der Waals surface area (Å²) in [5.41, 5.74) is 2.68. The van der Waals surface area contributed by atoms with E-state index < -0.39 is 0 Å². The highest BCUT2D eigenvalue weighted by Gasteiger charge is 2.17. The Kier molecular flexibility index (Phi) is 7.90. The van der Waals surface area contributed by atoms with E-state index in [2.05, 4.69) is 5.38 Å². The summed E-state index contributed by atoms with van der Waals surface area (Å²) in [6.45, 7) is 0. The highest BCUT2D eigenvalue weighted by Crippen LogP contribution is 2.34. The van der Waals surface area contributed by atoms with Crippen LogP contribution in [-0.4, -0.2) is 45.4 Å². The van der Waals surface area contributed by atoms with Gasteiger partial charge in [-0.2, -0.15) is 5.10 Å². The molecule has 4 rings (SSSR count). The van der Waals surface area contributed by atoms with E-state index >= 15 is 0 Å². The first-order valence-corrected chi connectivity index (χ1v) is 12.3. The topological polar surface area (TPSA) is 66.6 Å². The molecule has 3 aromatic rings. The monoisotopic (exact) mass is 481 g/mol. The fourth-order valence-corrected chi connectivity index (χ4v) is 5.02. The van der Waals surface area contributed by atoms with Crippen LogP contribution in [0, 0.1) is 0 Å². The molecule has 0 radical (unpaired) electrons. The van der Waals surface area contributed by atoms with Crippen molar-refractivity contribution >= 4 is 17.6 Å². The minimum atomic E-state index is 0.329. The SMILES string of the molecule is COc1ccc(OC)c(-c2csc(=NC3CCCCC3)n2N=Cc2ccc(OC)c(OC)c2)c1. The summed E-state index contributed by atoms with van der Waals surface area (Å²) in [7, 11) is 6.58. The number of thiazole rings is 1. The Hall–Kier alpha value is -3.26. The molecule has 34 heavy (non-hydrogen) atoms. The summed E-state index contributed by atoms with van der Waals surface area (Å²) < 4.78 is 23.8. The summed E-state index contributed by atoms with van der Waals surface area (Å²) >= 11 is 1.59. The summed E-state index contributed by atoms with van der Waals surface area (Å²) in [6, 6.07) is 11.8. The van der Waals surface area contributed by atoms with Crippen molar-refractivity contribution in [1.29, 1.82) is 0 Å². The molecule has 0 aliphatic heterocycles. The first-order valence-electron chi connectivity index (χ1n) is 11.4. The molecule has 8 heteroatoms. The molecule has 0 unspecified atom stereocenters. The van der Waals surface area contributed by atoms with Crippen LogP contribution in [0.3, 0.4) is 0 Å². The van der Waals surface area contributed by atoms with E-state index in [0.717, 1.165) is 46.0 Å². The van der Waals surface area contributed by atoms with Gasteiger partial charge in [0.05, 0.1) is 46.4 Å². The zero-order valence-corrected chi connectivity index (χ0v) is 20.9. The zero-order valence-electron chi connectivity index (χ0n) is 20.1. The Morgan fingerprint density at radius 1 is 0.853 bits per heavy atom. The van der Waals surface area contributed by atoms with Crippen LogP contribution in [0.1, 0.15) is 37.7 Å². The third-order valence-corrected chi connectivity index (χ3v) is 6.80. The largest absolute Gasteiger partial charge is 0.497 e. The molecule has 180 valence electrons. The van der Waals surface area contributed by atoms with Gasteiger partial charge in [0, 0.05) is 10.9 Å². The maximum atomic E-state index is 5.65. The fraction of sp³-hybridized carbons (Fsp3) is 0.385. The highest BCUT2D eigenvalue weighted by molar-refractivity contribution is 7.07. The fourth-order valence-electron chi connectivity index (χ4n) is 4.12. The smallest absolute Gasteiger partial charge is 0.206 e. The number of rotatable bonds is 8. The number of ether oxygens (including phenoxy) is 4. The van der Waals surface area contributed by atoms with Crippen LogP contribution in [0.25, 0.3) is 11.3 Å². The molecule has 2 aromatic carbocycles. The van der Waals surface area contributed by atoms with Gasteiger partial charge in [-0.1, -0.05) is 19.3 Å². The zero-order chi connectivity index (χ0) is 23.9. The maximum absolute atomic E-state index is 5.65. The third kappa shape index (κ3) is 5.28. The average Bonchev–Trinajstić information content (AvgIpc) is 3.29. The third-order valence-electron chi connectivity index (χ3n) is 5.97. The number of nitrogens with zero attached hydrogens (tertiary/aromatic N) is 3. The lowest BCUT2D eigenvalue weighted by atomic mass is 9.96. The van der Waals surface area contributed by atoms with E-state index in [4.69, 9.17) is 29.0 Å². The first-order chi connectivity index (χ1) is 16.7. The van der Waals surface area contributed by atoms with Gasteiger partial charge in [-0.15, -0.1) is 11.3 Å². The van der Waals surface area contributed by atoms with Crippen LogP contribution in [0.5, 0.6) is 23.0 Å². The number of benzene rings is 2. The molecule has 1 heterocycles. The predicted molar refractivity (Wildman–Crippen MR) is 136 cm³/mol. The van der Waals surface area contributed by atoms with Crippen LogP contribution < -0.4 is 23.7 Å². The van der Waals surface area contributed by atoms with Crippen LogP contribution in [0.4, 0.5) is 0 Å². The van der Waals surface area contributed by atoms with Gasteiger partial charge in [0.1, 0.15) is 11.5 Å². The van der Waals surface area contributed by atoms with E-state index in [-0.39, 0.29) is 0 Å². The van der Waals surface area contributed by atoms with Crippen molar-refractivity contribution in [3.63, 3.8) is 0 Å². The normalized spacial score (nSPS) is 15.0. The molecule has 1 saturated carbocycles. The van der Waals surface area contributed by atoms with E-state index in [1.54, 1.807) is 39.8 Å². The molecule has 0 amide bonds. The average molecular weight is 482 g/mol. The number of methoxy groups -OCH3 is 4. The van der Waals surface area contributed by atoms with E-state index in [1.165, 1.54) is 19.3 Å². The van der Waals surface area contributed by atoms with E-state index in [1.807, 2.05) is 47.3 Å². The van der Waals surface area contributed by atoms with Crippen LogP contribution in [-0.2, 0) is 0 Å². The lowest BCUT2D eigenvalue weighted by Gasteiger charge is -2.17. The molecule has 0 N–H and O–H groups in total. The minimum absolute atomic E-state index is 0.329. The van der Waals surface area contributed by atoms with E-state index in [0.29, 0.717) is 17.5 Å². The van der Waals surface area contributed by atoms with Gasteiger partial charge in [-0.25, -0.2) is 4.68 Å². The molecule has 1 aliphatic rings. The summed E-state index contributed by atoms with van der Waals surface area (Å²) in [5.74, 6) is 2.84. The minimum Gasteiger partial charge on any atom is -0.497 e. The molecular formula is C26H31N3O4S. The van der Waals surface area contributed by atoms with Crippen LogP contribution >= 0.6 is 11.3 Å². The van der Waals surface area contributed by atoms with Crippen molar-refractivity contribution in [3.05, 3.63) is 52.1 Å². The van der Waals surface area contributed by atoms with Crippen molar-refractivity contribution in [2.45, 2.75) is 38.1 Å². The van der Waals surface area contributed by atoms with Crippen LogP contribution in [0.2, 0.25) is 0 Å². The molecule has 0 atom stereocenters. The van der Waals surface area contributed by atoms with Crippen molar-refractivity contribution in [1.82, 2.24) is 4.68 Å². The van der Waals surface area contributed by atoms with Crippen molar-refractivity contribution < 1.29 is 18.9 Å². The molecule has 0 saturated heterocycles. The lowest BCUT2D eigenvalue weighted by Crippen LogP contribution is -2.19. The molecule has 1 aromatic heterocycles. The number of hydrogen-bond donors (Lipinski definition) is 0. The first kappa shape index (κ1) is 23.9. The van der Waals surface area contributed by atoms with Gasteiger partial charge in [0.25, 0.3) is 0 Å². The summed E-state index contributed by atoms with van der Waals surface area (Å²) in [5, 5.41) is 6.93. The second kappa shape index (κ2) is 11.2. The molecule has 1 aliphatic carbocycles. The van der Waals surface area contributed by atoms with E-state index in [9.17, 15) is 0 Å². The Morgan fingerprint density at radius 3 is 2.29 bits per heavy atom. The Morgan fingerprint density at radius 2 is 1.59 bits per heavy atom. The highest BCUT2D eigenvalue weighted by atomic mass is 32.1. The molecular weight excluding hydrogens is 450 g/mol. The van der Waals surface area contributed by atoms with Gasteiger partial charge in [0.15, 0.2) is 11.5 Å². The van der Waals surface area contributed by atoms with Gasteiger partial charge in [0.2, 0.25) is 4.80 Å². The second-order valence-electron chi connectivity index (χ2n) is 8.06.